The summed E-state index contributed by atoms with van der Waals surface area (Å²) in [7, 11) is 0. The second-order valence-electron chi connectivity index (χ2n) is 3.00. The third-order valence-corrected chi connectivity index (χ3v) is 3.14. The smallest absolute Gasteiger partial charge is 0.165 e. The van der Waals surface area contributed by atoms with Gasteiger partial charge in [-0.2, -0.15) is 5.26 Å². The minimum Gasteiger partial charge on any atom is -0.486 e. The molecule has 0 bridgehead atoms. The highest BCUT2D eigenvalue weighted by Gasteiger charge is 2.18. The van der Waals surface area contributed by atoms with Crippen LogP contribution in [0.4, 0.5) is 0 Å². The van der Waals surface area contributed by atoms with Crippen LogP contribution in [0.3, 0.4) is 0 Å². The fraction of sp³-hybridized carbons (Fsp3) is 0.300. The number of ether oxygens (including phenoxy) is 2. The molecule has 0 unspecified atom stereocenters. The molecule has 4 heteroatoms. The number of fused-ring (bicyclic) bond motifs is 1. The lowest BCUT2D eigenvalue weighted by atomic mass is 10.1. The van der Waals surface area contributed by atoms with E-state index in [9.17, 15) is 0 Å². The molecule has 3 nitrogen and oxygen atoms in total. The van der Waals surface area contributed by atoms with Crippen molar-refractivity contribution >= 4 is 15.9 Å². The fourth-order valence-electron chi connectivity index (χ4n) is 1.41. The van der Waals surface area contributed by atoms with E-state index in [1.165, 1.54) is 0 Å². The van der Waals surface area contributed by atoms with E-state index in [1.807, 2.05) is 6.92 Å². The number of nitriles is 1. The molecule has 0 fully saturated rings. The van der Waals surface area contributed by atoms with Gasteiger partial charge in [0.25, 0.3) is 0 Å². The van der Waals surface area contributed by atoms with Crippen LogP contribution in [-0.2, 0) is 0 Å². The van der Waals surface area contributed by atoms with Crippen LogP contribution < -0.4 is 9.47 Å². The van der Waals surface area contributed by atoms with Crippen molar-refractivity contribution in [3.63, 3.8) is 0 Å². The van der Waals surface area contributed by atoms with Crippen molar-refractivity contribution < 1.29 is 9.47 Å². The number of rotatable bonds is 0. The Morgan fingerprint density at radius 3 is 2.86 bits per heavy atom. The number of hydrogen-bond acceptors (Lipinski definition) is 3. The molecule has 1 aliphatic heterocycles. The first-order valence-electron chi connectivity index (χ1n) is 4.23. The summed E-state index contributed by atoms with van der Waals surface area (Å²) >= 11 is 3.36. The summed E-state index contributed by atoms with van der Waals surface area (Å²) in [5, 5.41) is 8.87. The van der Waals surface area contributed by atoms with Gasteiger partial charge < -0.3 is 9.47 Å². The predicted octanol–water partition coefficient (Wildman–Crippen LogP) is 2.40. The average Bonchev–Trinajstić information content (AvgIpc) is 2.23. The van der Waals surface area contributed by atoms with Crippen LogP contribution >= 0.6 is 15.9 Å². The highest BCUT2D eigenvalue weighted by Crippen LogP contribution is 2.39. The normalized spacial score (nSPS) is 13.5. The molecule has 0 N–H and O–H groups in total. The maximum atomic E-state index is 8.87. The molecular weight excluding hydrogens is 246 g/mol. The zero-order chi connectivity index (χ0) is 10.1. The number of halogens is 1. The summed E-state index contributed by atoms with van der Waals surface area (Å²) in [6.45, 7) is 3.00. The van der Waals surface area contributed by atoms with Crippen LogP contribution in [0.15, 0.2) is 10.5 Å². The van der Waals surface area contributed by atoms with Crippen LogP contribution in [0.25, 0.3) is 0 Å². The van der Waals surface area contributed by atoms with E-state index < -0.39 is 0 Å². The van der Waals surface area contributed by atoms with Crippen molar-refractivity contribution in [2.75, 3.05) is 13.2 Å². The summed E-state index contributed by atoms with van der Waals surface area (Å²) in [4.78, 5) is 0. The van der Waals surface area contributed by atoms with Crippen molar-refractivity contribution in [3.05, 3.63) is 21.7 Å². The molecule has 0 spiro atoms. The van der Waals surface area contributed by atoms with E-state index >= 15 is 0 Å². The maximum absolute atomic E-state index is 8.87. The molecule has 0 radical (unpaired) electrons. The molecule has 0 atom stereocenters. The molecule has 1 aromatic carbocycles. The van der Waals surface area contributed by atoms with Gasteiger partial charge in [0.15, 0.2) is 11.5 Å². The molecule has 2 rings (SSSR count). The third kappa shape index (κ3) is 1.34. The van der Waals surface area contributed by atoms with Crippen molar-refractivity contribution in [2.24, 2.45) is 0 Å². The maximum Gasteiger partial charge on any atom is 0.165 e. The van der Waals surface area contributed by atoms with Gasteiger partial charge in [-0.1, -0.05) is 0 Å². The van der Waals surface area contributed by atoms with Gasteiger partial charge in [-0.3, -0.25) is 0 Å². The molecule has 72 valence electrons. The lowest BCUT2D eigenvalue weighted by molar-refractivity contribution is 0.170. The van der Waals surface area contributed by atoms with E-state index in [1.54, 1.807) is 6.07 Å². The van der Waals surface area contributed by atoms with Crippen LogP contribution in [-0.4, -0.2) is 13.2 Å². The minimum absolute atomic E-state index is 0.541. The van der Waals surface area contributed by atoms with E-state index in [0.717, 1.165) is 15.8 Å². The highest BCUT2D eigenvalue weighted by atomic mass is 79.9. The second-order valence-corrected chi connectivity index (χ2v) is 3.79. The molecule has 14 heavy (non-hydrogen) atoms. The van der Waals surface area contributed by atoms with E-state index in [-0.39, 0.29) is 0 Å². The van der Waals surface area contributed by atoms with Crippen molar-refractivity contribution in [3.8, 4) is 17.6 Å². The second kappa shape index (κ2) is 3.50. The van der Waals surface area contributed by atoms with Gasteiger partial charge in [0.05, 0.1) is 5.56 Å². The Bertz CT molecular complexity index is 423. The van der Waals surface area contributed by atoms with Crippen LogP contribution in [0.5, 0.6) is 11.5 Å². The summed E-state index contributed by atoms with van der Waals surface area (Å²) in [5.74, 6) is 1.40. The molecule has 1 aliphatic rings. The Morgan fingerprint density at radius 1 is 1.43 bits per heavy atom. The van der Waals surface area contributed by atoms with Crippen LogP contribution in [0.2, 0.25) is 0 Å². The first-order valence-corrected chi connectivity index (χ1v) is 5.02. The van der Waals surface area contributed by atoms with Gasteiger partial charge in [-0.05, 0) is 22.9 Å². The molecule has 0 saturated heterocycles. The summed E-state index contributed by atoms with van der Waals surface area (Å²) in [6.07, 6.45) is 0. The molecule has 0 aliphatic carbocycles. The van der Waals surface area contributed by atoms with Crippen LogP contribution in [0, 0.1) is 18.3 Å². The zero-order valence-electron chi connectivity index (χ0n) is 7.63. The monoisotopic (exact) mass is 253 g/mol. The Hall–Kier alpha value is -1.21. The Morgan fingerprint density at radius 2 is 2.14 bits per heavy atom. The summed E-state index contributed by atoms with van der Waals surface area (Å²) < 4.78 is 11.7. The van der Waals surface area contributed by atoms with E-state index in [2.05, 4.69) is 22.0 Å². The van der Waals surface area contributed by atoms with Crippen molar-refractivity contribution in [2.45, 2.75) is 6.92 Å². The van der Waals surface area contributed by atoms with Crippen LogP contribution in [0.1, 0.15) is 11.1 Å². The minimum atomic E-state index is 0.541. The quantitative estimate of drug-likeness (QED) is 0.713. The van der Waals surface area contributed by atoms with Crippen molar-refractivity contribution in [1.82, 2.24) is 0 Å². The first kappa shape index (κ1) is 9.35. The molecule has 0 amide bonds. The van der Waals surface area contributed by atoms with E-state index in [0.29, 0.717) is 24.5 Å². The molecular formula is C10H8BrNO2. The largest absolute Gasteiger partial charge is 0.486 e. The molecule has 0 aromatic heterocycles. The highest BCUT2D eigenvalue weighted by molar-refractivity contribution is 9.10. The Kier molecular flexibility index (Phi) is 2.34. The lowest BCUT2D eigenvalue weighted by Crippen LogP contribution is -2.16. The van der Waals surface area contributed by atoms with E-state index in [4.69, 9.17) is 14.7 Å². The van der Waals surface area contributed by atoms with Gasteiger partial charge in [0.2, 0.25) is 0 Å². The standard InChI is InChI=1S/C10H8BrNO2/c1-6-9(11)7(5-12)4-8-10(6)14-3-2-13-8/h4H,2-3H2,1H3. The zero-order valence-corrected chi connectivity index (χ0v) is 9.22. The summed E-state index contributed by atoms with van der Waals surface area (Å²) in [6, 6.07) is 3.80. The molecule has 0 saturated carbocycles. The average molecular weight is 254 g/mol. The third-order valence-electron chi connectivity index (χ3n) is 2.11. The number of benzene rings is 1. The number of nitrogens with zero attached hydrogens (tertiary/aromatic N) is 1. The van der Waals surface area contributed by atoms with Gasteiger partial charge in [-0.15, -0.1) is 0 Å². The Balaban J connectivity index is 2.64. The SMILES string of the molecule is Cc1c(Br)c(C#N)cc2c1OCCO2. The van der Waals surface area contributed by atoms with Gasteiger partial charge in [0.1, 0.15) is 19.3 Å². The van der Waals surface area contributed by atoms with Crippen molar-refractivity contribution in [1.29, 1.82) is 5.26 Å². The lowest BCUT2D eigenvalue weighted by Gasteiger charge is -2.21. The van der Waals surface area contributed by atoms with Gasteiger partial charge in [-0.25, -0.2) is 0 Å². The topological polar surface area (TPSA) is 42.2 Å². The fourth-order valence-corrected chi connectivity index (χ4v) is 1.79. The summed E-state index contributed by atoms with van der Waals surface area (Å²) in [5.41, 5.74) is 1.49. The molecule has 1 aromatic rings. The first-order chi connectivity index (χ1) is 6.74. The Labute approximate surface area is 90.4 Å². The number of hydrogen-bond donors (Lipinski definition) is 0. The van der Waals surface area contributed by atoms with Gasteiger partial charge in [0, 0.05) is 16.1 Å². The molecule has 1 heterocycles. The predicted molar refractivity (Wildman–Crippen MR) is 54.6 cm³/mol. The van der Waals surface area contributed by atoms with Gasteiger partial charge >= 0.3 is 0 Å².